The molecule has 1 aliphatic rings. The summed E-state index contributed by atoms with van der Waals surface area (Å²) in [5.74, 6) is 0.521. The first kappa shape index (κ1) is 19.2. The zero-order valence-electron chi connectivity index (χ0n) is 14.9. The number of carbonyl (C=O) groups excluding carboxylic acids is 1. The Bertz CT molecular complexity index is 685. The van der Waals surface area contributed by atoms with Crippen molar-refractivity contribution in [1.29, 1.82) is 0 Å². The molecule has 1 atom stereocenters. The molecule has 0 bridgehead atoms. The summed E-state index contributed by atoms with van der Waals surface area (Å²) in [5, 5.41) is 7.92. The minimum Gasteiger partial charge on any atom is -0.484 e. The third kappa shape index (κ3) is 5.45. The first-order valence-electron chi connectivity index (χ1n) is 8.71. The number of rotatable bonds is 7. The summed E-state index contributed by atoms with van der Waals surface area (Å²) in [6, 6.07) is 9.35. The molecule has 0 radical (unpaired) electrons. The minimum absolute atomic E-state index is 0.000721. The number of hydrogen-bond donors (Lipinski definition) is 1. The van der Waals surface area contributed by atoms with Gasteiger partial charge >= 0.3 is 0 Å². The van der Waals surface area contributed by atoms with Gasteiger partial charge in [0.25, 0.3) is 5.91 Å². The number of carbonyl (C=O) groups is 1. The van der Waals surface area contributed by atoms with Crippen molar-refractivity contribution in [1.82, 2.24) is 15.1 Å². The Labute approximate surface area is 163 Å². The second-order valence-corrected chi connectivity index (χ2v) is 7.67. The van der Waals surface area contributed by atoms with Crippen LogP contribution in [0, 0.1) is 0 Å². The van der Waals surface area contributed by atoms with Crippen LogP contribution in [0.4, 0.5) is 0 Å². The topological polar surface area (TPSA) is 44.8 Å². The van der Waals surface area contributed by atoms with Gasteiger partial charge in [-0.25, -0.2) is 0 Å². The maximum Gasteiger partial charge on any atom is 0.258 e. The van der Waals surface area contributed by atoms with Gasteiger partial charge in [-0.05, 0) is 53.7 Å². The van der Waals surface area contributed by atoms with E-state index in [1.807, 2.05) is 0 Å². The molecular formula is C19H24ClN3O2S. The van der Waals surface area contributed by atoms with E-state index in [2.05, 4.69) is 39.0 Å². The van der Waals surface area contributed by atoms with Crippen LogP contribution in [-0.2, 0) is 4.79 Å². The number of piperazine rings is 1. The highest BCUT2D eigenvalue weighted by Crippen LogP contribution is 2.23. The Kier molecular flexibility index (Phi) is 6.91. The normalized spacial score (nSPS) is 17.0. The summed E-state index contributed by atoms with van der Waals surface area (Å²) in [4.78, 5) is 17.0. The zero-order chi connectivity index (χ0) is 18.4. The van der Waals surface area contributed by atoms with Gasteiger partial charge in [-0.3, -0.25) is 9.69 Å². The SMILES string of the molecule is CN1CCN([C@@H](CNC(=O)COc2ccc(Cl)cc2)c2ccsc2)CC1. The molecule has 0 unspecified atom stereocenters. The fourth-order valence-corrected chi connectivity index (χ4v) is 3.83. The van der Waals surface area contributed by atoms with Crippen molar-refractivity contribution in [2.45, 2.75) is 6.04 Å². The molecule has 2 aromatic rings. The number of nitrogens with zero attached hydrogens (tertiary/aromatic N) is 2. The lowest BCUT2D eigenvalue weighted by Gasteiger charge is -2.38. The summed E-state index contributed by atoms with van der Waals surface area (Å²) in [6.07, 6.45) is 0. The van der Waals surface area contributed by atoms with Gasteiger partial charge in [-0.1, -0.05) is 11.6 Å². The number of amides is 1. The second-order valence-electron chi connectivity index (χ2n) is 6.46. The lowest BCUT2D eigenvalue weighted by atomic mass is 10.1. The minimum atomic E-state index is -0.116. The molecule has 2 heterocycles. The van der Waals surface area contributed by atoms with Crippen molar-refractivity contribution in [3.05, 3.63) is 51.7 Å². The van der Waals surface area contributed by atoms with Crippen molar-refractivity contribution in [2.75, 3.05) is 46.4 Å². The van der Waals surface area contributed by atoms with Crippen LogP contribution in [0.25, 0.3) is 0 Å². The first-order valence-corrected chi connectivity index (χ1v) is 10.0. The number of hydrogen-bond acceptors (Lipinski definition) is 5. The highest BCUT2D eigenvalue weighted by atomic mass is 35.5. The smallest absolute Gasteiger partial charge is 0.258 e. The standard InChI is InChI=1S/C19H24ClN3O2S/c1-22-7-9-23(10-8-22)18(15-6-11-26-14-15)12-21-19(24)13-25-17-4-2-16(20)3-5-17/h2-6,11,14,18H,7-10,12-13H2,1H3,(H,21,24)/t18-/m0/s1. The molecule has 1 aliphatic heterocycles. The first-order chi connectivity index (χ1) is 12.6. The maximum atomic E-state index is 12.2. The molecule has 0 aliphatic carbocycles. The fourth-order valence-electron chi connectivity index (χ4n) is 3.00. The number of benzene rings is 1. The molecule has 7 heteroatoms. The van der Waals surface area contributed by atoms with Crippen LogP contribution in [0.1, 0.15) is 11.6 Å². The molecule has 1 N–H and O–H groups in total. The molecule has 1 saturated heterocycles. The quantitative estimate of drug-likeness (QED) is 0.785. The highest BCUT2D eigenvalue weighted by Gasteiger charge is 2.24. The van der Waals surface area contributed by atoms with Crippen LogP contribution in [0.15, 0.2) is 41.1 Å². The van der Waals surface area contributed by atoms with Gasteiger partial charge in [0.1, 0.15) is 5.75 Å². The van der Waals surface area contributed by atoms with Crippen LogP contribution in [0.3, 0.4) is 0 Å². The fraction of sp³-hybridized carbons (Fsp3) is 0.421. The van der Waals surface area contributed by atoms with Gasteiger partial charge in [0.15, 0.2) is 6.61 Å². The van der Waals surface area contributed by atoms with Crippen LogP contribution in [-0.4, -0.2) is 62.1 Å². The number of halogens is 1. The highest BCUT2D eigenvalue weighted by molar-refractivity contribution is 7.07. The molecule has 1 aromatic carbocycles. The van der Waals surface area contributed by atoms with Gasteiger partial charge in [0.2, 0.25) is 0 Å². The number of ether oxygens (including phenoxy) is 1. The summed E-state index contributed by atoms with van der Waals surface area (Å²) in [5.41, 5.74) is 1.26. The predicted molar refractivity (Wildman–Crippen MR) is 106 cm³/mol. The van der Waals surface area contributed by atoms with Crippen LogP contribution in [0.2, 0.25) is 5.02 Å². The van der Waals surface area contributed by atoms with Crippen LogP contribution >= 0.6 is 22.9 Å². The Morgan fingerprint density at radius 1 is 1.23 bits per heavy atom. The Balaban J connectivity index is 1.52. The Morgan fingerprint density at radius 3 is 2.62 bits per heavy atom. The molecule has 0 saturated carbocycles. The lowest BCUT2D eigenvalue weighted by molar-refractivity contribution is -0.123. The molecule has 140 valence electrons. The zero-order valence-corrected chi connectivity index (χ0v) is 16.4. The van der Waals surface area contributed by atoms with E-state index in [1.54, 1.807) is 35.6 Å². The van der Waals surface area contributed by atoms with Crippen molar-refractivity contribution < 1.29 is 9.53 Å². The van der Waals surface area contributed by atoms with Gasteiger partial charge in [0, 0.05) is 37.7 Å². The summed E-state index contributed by atoms with van der Waals surface area (Å²) >= 11 is 7.54. The third-order valence-corrected chi connectivity index (χ3v) is 5.54. The molecule has 3 rings (SSSR count). The summed E-state index contributed by atoms with van der Waals surface area (Å²) < 4.78 is 5.52. The van der Waals surface area contributed by atoms with Crippen molar-refractivity contribution in [3.63, 3.8) is 0 Å². The lowest BCUT2D eigenvalue weighted by Crippen LogP contribution is -2.48. The summed E-state index contributed by atoms with van der Waals surface area (Å²) in [6.45, 7) is 4.70. The molecule has 26 heavy (non-hydrogen) atoms. The van der Waals surface area contributed by atoms with Crippen molar-refractivity contribution in [2.24, 2.45) is 0 Å². The number of nitrogens with one attached hydrogen (secondary N) is 1. The number of likely N-dealkylation sites (N-methyl/N-ethyl adjacent to an activating group) is 1. The van der Waals surface area contributed by atoms with E-state index < -0.39 is 0 Å². The van der Waals surface area contributed by atoms with E-state index >= 15 is 0 Å². The van der Waals surface area contributed by atoms with E-state index in [-0.39, 0.29) is 18.6 Å². The van der Waals surface area contributed by atoms with Crippen molar-refractivity contribution in [3.8, 4) is 5.75 Å². The van der Waals surface area contributed by atoms with Crippen LogP contribution < -0.4 is 10.1 Å². The largest absolute Gasteiger partial charge is 0.484 e. The molecule has 1 aromatic heterocycles. The predicted octanol–water partition coefficient (Wildman–Crippen LogP) is 2.89. The molecule has 5 nitrogen and oxygen atoms in total. The van der Waals surface area contributed by atoms with E-state index in [0.717, 1.165) is 26.2 Å². The van der Waals surface area contributed by atoms with Gasteiger partial charge in [0.05, 0.1) is 6.04 Å². The van der Waals surface area contributed by atoms with E-state index in [9.17, 15) is 4.79 Å². The van der Waals surface area contributed by atoms with Crippen molar-refractivity contribution >= 4 is 28.8 Å². The van der Waals surface area contributed by atoms with E-state index in [1.165, 1.54) is 5.56 Å². The van der Waals surface area contributed by atoms with E-state index in [0.29, 0.717) is 17.3 Å². The van der Waals surface area contributed by atoms with E-state index in [4.69, 9.17) is 16.3 Å². The molecular weight excluding hydrogens is 370 g/mol. The average Bonchev–Trinajstić information content (AvgIpc) is 3.17. The monoisotopic (exact) mass is 393 g/mol. The van der Waals surface area contributed by atoms with Gasteiger partial charge in [-0.2, -0.15) is 11.3 Å². The maximum absolute atomic E-state index is 12.2. The van der Waals surface area contributed by atoms with Crippen LogP contribution in [0.5, 0.6) is 5.75 Å². The molecule has 1 fully saturated rings. The number of thiophene rings is 1. The Morgan fingerprint density at radius 2 is 1.96 bits per heavy atom. The Hall–Kier alpha value is -1.60. The summed E-state index contributed by atoms with van der Waals surface area (Å²) in [7, 11) is 2.15. The molecule has 0 spiro atoms. The van der Waals surface area contributed by atoms with Gasteiger partial charge < -0.3 is 15.0 Å². The second kappa shape index (κ2) is 9.37. The van der Waals surface area contributed by atoms with Gasteiger partial charge in [-0.15, -0.1) is 0 Å². The third-order valence-electron chi connectivity index (χ3n) is 4.58. The molecule has 1 amide bonds. The average molecular weight is 394 g/mol.